The maximum absolute atomic E-state index is 5.83. The third-order valence-corrected chi connectivity index (χ3v) is 1.72. The number of nitrogens with two attached hydrogens (primary N) is 2. The van der Waals surface area contributed by atoms with Crippen LogP contribution < -0.4 is 16.8 Å². The van der Waals surface area contributed by atoms with E-state index in [-0.39, 0.29) is 0 Å². The van der Waals surface area contributed by atoms with Gasteiger partial charge in [-0.05, 0) is 31.6 Å². The Labute approximate surface area is 85.9 Å². The van der Waals surface area contributed by atoms with E-state index >= 15 is 0 Å². The molecule has 0 bridgehead atoms. The summed E-state index contributed by atoms with van der Waals surface area (Å²) < 4.78 is 0. The number of nitrogens with one attached hydrogen (secondary N) is 1. The van der Waals surface area contributed by atoms with E-state index in [0.29, 0.717) is 11.5 Å². The minimum Gasteiger partial charge on any atom is -0.398 e. The Morgan fingerprint density at radius 1 is 1.14 bits per heavy atom. The molecular formula is C11H19N3. The number of hydrogen-bond acceptors (Lipinski definition) is 3. The van der Waals surface area contributed by atoms with E-state index in [4.69, 9.17) is 11.5 Å². The van der Waals surface area contributed by atoms with Crippen molar-refractivity contribution in [3.8, 4) is 0 Å². The van der Waals surface area contributed by atoms with Gasteiger partial charge in [0.05, 0.1) is 5.82 Å². The predicted molar refractivity (Wildman–Crippen MR) is 62.2 cm³/mol. The van der Waals surface area contributed by atoms with Gasteiger partial charge in [0.25, 0.3) is 0 Å². The highest BCUT2D eigenvalue weighted by atomic mass is 14.9. The van der Waals surface area contributed by atoms with Crippen LogP contribution in [0, 0.1) is 0 Å². The maximum Gasteiger partial charge on any atom is 0.0958 e. The highest BCUT2D eigenvalue weighted by molar-refractivity contribution is 5.39. The van der Waals surface area contributed by atoms with E-state index in [1.165, 1.54) is 0 Å². The molecule has 0 saturated carbocycles. The molecule has 14 heavy (non-hydrogen) atoms. The molecule has 0 aliphatic carbocycles. The molecule has 0 aromatic carbocycles. The molecule has 0 heterocycles. The lowest BCUT2D eigenvalue weighted by atomic mass is 10.1. The second-order valence-corrected chi connectivity index (χ2v) is 2.74. The first-order chi connectivity index (χ1) is 6.65. The molecule has 0 amide bonds. The Morgan fingerprint density at radius 2 is 1.79 bits per heavy atom. The summed E-state index contributed by atoms with van der Waals surface area (Å²) in [7, 11) is 1.76. The van der Waals surface area contributed by atoms with E-state index < -0.39 is 0 Å². The second kappa shape index (κ2) is 6.83. The Hall–Kier alpha value is -1.64. The SMILES string of the molecule is C\C=C/C(=C\C)C(/N)=C/C=C(\N)NC. The van der Waals surface area contributed by atoms with Crippen LogP contribution in [0.2, 0.25) is 0 Å². The highest BCUT2D eigenvalue weighted by Crippen LogP contribution is 2.05. The largest absolute Gasteiger partial charge is 0.398 e. The smallest absolute Gasteiger partial charge is 0.0958 e. The van der Waals surface area contributed by atoms with Gasteiger partial charge in [-0.2, -0.15) is 0 Å². The molecule has 0 unspecified atom stereocenters. The lowest BCUT2D eigenvalue weighted by Crippen LogP contribution is -2.14. The Kier molecular flexibility index (Phi) is 6.03. The van der Waals surface area contributed by atoms with Gasteiger partial charge in [-0.1, -0.05) is 18.2 Å². The molecule has 0 aliphatic heterocycles. The fraction of sp³-hybridized carbons (Fsp3) is 0.273. The van der Waals surface area contributed by atoms with Gasteiger partial charge in [0.2, 0.25) is 0 Å². The van der Waals surface area contributed by atoms with Crippen molar-refractivity contribution >= 4 is 0 Å². The minimum absolute atomic E-state index is 0.587. The van der Waals surface area contributed by atoms with Crippen molar-refractivity contribution < 1.29 is 0 Å². The molecule has 78 valence electrons. The standard InChI is InChI=1S/C11H19N3/c1-4-6-9(5-2)10(12)7-8-11(13)14-3/h4-8,14H,12-13H2,1-3H3/b6-4-,9-5+,10-7-,11-8+. The van der Waals surface area contributed by atoms with Crippen LogP contribution in [0.3, 0.4) is 0 Å². The molecule has 0 aliphatic rings. The van der Waals surface area contributed by atoms with Crippen molar-refractivity contribution in [2.45, 2.75) is 13.8 Å². The predicted octanol–water partition coefficient (Wildman–Crippen LogP) is 1.37. The van der Waals surface area contributed by atoms with Crippen LogP contribution in [0.4, 0.5) is 0 Å². The number of rotatable bonds is 4. The molecule has 5 N–H and O–H groups in total. The van der Waals surface area contributed by atoms with Crippen molar-refractivity contribution in [1.29, 1.82) is 0 Å². The van der Waals surface area contributed by atoms with Gasteiger partial charge in [-0.25, -0.2) is 0 Å². The molecule has 0 rings (SSSR count). The summed E-state index contributed by atoms with van der Waals surface area (Å²) >= 11 is 0. The van der Waals surface area contributed by atoms with Gasteiger partial charge in [0, 0.05) is 12.7 Å². The summed E-state index contributed by atoms with van der Waals surface area (Å²) in [5, 5.41) is 2.81. The fourth-order valence-corrected chi connectivity index (χ4v) is 0.898. The van der Waals surface area contributed by atoms with E-state index in [0.717, 1.165) is 5.57 Å². The molecule has 0 aromatic rings. The van der Waals surface area contributed by atoms with Crippen LogP contribution in [-0.4, -0.2) is 7.05 Å². The van der Waals surface area contributed by atoms with Crippen molar-refractivity contribution in [3.05, 3.63) is 47.5 Å². The van der Waals surface area contributed by atoms with Crippen molar-refractivity contribution in [2.24, 2.45) is 11.5 Å². The first-order valence-electron chi connectivity index (χ1n) is 4.55. The fourth-order valence-electron chi connectivity index (χ4n) is 0.898. The number of hydrogen-bond donors (Lipinski definition) is 3. The lowest BCUT2D eigenvalue weighted by molar-refractivity contribution is 0.965. The van der Waals surface area contributed by atoms with Gasteiger partial charge in [-0.3, -0.25) is 0 Å². The Bertz CT molecular complexity index is 283. The molecule has 3 nitrogen and oxygen atoms in total. The molecule has 0 atom stereocenters. The van der Waals surface area contributed by atoms with E-state index in [1.54, 1.807) is 19.2 Å². The van der Waals surface area contributed by atoms with E-state index in [9.17, 15) is 0 Å². The average Bonchev–Trinajstić information content (AvgIpc) is 2.21. The summed E-state index contributed by atoms with van der Waals surface area (Å²) in [5.74, 6) is 0.587. The van der Waals surface area contributed by atoms with Crippen LogP contribution in [-0.2, 0) is 0 Å². The van der Waals surface area contributed by atoms with Crippen molar-refractivity contribution in [3.63, 3.8) is 0 Å². The number of allylic oxidation sites excluding steroid dienone is 5. The first kappa shape index (κ1) is 12.4. The van der Waals surface area contributed by atoms with Gasteiger partial charge >= 0.3 is 0 Å². The Morgan fingerprint density at radius 3 is 2.21 bits per heavy atom. The molecule has 0 spiro atoms. The third-order valence-electron chi connectivity index (χ3n) is 1.72. The molecule has 3 heteroatoms. The second-order valence-electron chi connectivity index (χ2n) is 2.74. The molecular weight excluding hydrogens is 174 g/mol. The monoisotopic (exact) mass is 193 g/mol. The average molecular weight is 193 g/mol. The van der Waals surface area contributed by atoms with Crippen LogP contribution in [0.15, 0.2) is 47.5 Å². The zero-order chi connectivity index (χ0) is 11.0. The topological polar surface area (TPSA) is 64.1 Å². The summed E-state index contributed by atoms with van der Waals surface area (Å²) in [5.41, 5.74) is 13.1. The zero-order valence-electron chi connectivity index (χ0n) is 9.04. The maximum atomic E-state index is 5.83. The highest BCUT2D eigenvalue weighted by Gasteiger charge is 1.92. The molecule has 0 radical (unpaired) electrons. The van der Waals surface area contributed by atoms with Crippen LogP contribution in [0.5, 0.6) is 0 Å². The van der Waals surface area contributed by atoms with Crippen LogP contribution in [0.1, 0.15) is 13.8 Å². The summed E-state index contributed by atoms with van der Waals surface area (Å²) in [6.07, 6.45) is 9.37. The molecule has 0 fully saturated rings. The van der Waals surface area contributed by atoms with Gasteiger partial charge < -0.3 is 16.8 Å². The van der Waals surface area contributed by atoms with Gasteiger partial charge in [-0.15, -0.1) is 0 Å². The summed E-state index contributed by atoms with van der Waals surface area (Å²) in [6.45, 7) is 3.90. The van der Waals surface area contributed by atoms with Gasteiger partial charge in [0.15, 0.2) is 0 Å². The Balaban J connectivity index is 4.67. The van der Waals surface area contributed by atoms with Crippen molar-refractivity contribution in [1.82, 2.24) is 5.32 Å². The van der Waals surface area contributed by atoms with Crippen LogP contribution >= 0.6 is 0 Å². The van der Waals surface area contributed by atoms with Crippen molar-refractivity contribution in [2.75, 3.05) is 7.05 Å². The minimum atomic E-state index is 0.587. The van der Waals surface area contributed by atoms with E-state index in [2.05, 4.69) is 5.32 Å². The quantitative estimate of drug-likeness (QED) is 0.591. The zero-order valence-corrected chi connectivity index (χ0v) is 9.04. The summed E-state index contributed by atoms with van der Waals surface area (Å²) in [6, 6.07) is 0. The molecule has 0 aromatic heterocycles. The first-order valence-corrected chi connectivity index (χ1v) is 4.55. The lowest BCUT2D eigenvalue weighted by Gasteiger charge is -2.01. The summed E-state index contributed by atoms with van der Waals surface area (Å²) in [4.78, 5) is 0. The van der Waals surface area contributed by atoms with Gasteiger partial charge in [0.1, 0.15) is 0 Å². The third kappa shape index (κ3) is 4.40. The van der Waals surface area contributed by atoms with Crippen LogP contribution in [0.25, 0.3) is 0 Å². The van der Waals surface area contributed by atoms with E-state index in [1.807, 2.05) is 32.1 Å². The molecule has 0 saturated heterocycles. The normalized spacial score (nSPS) is 14.9.